The van der Waals surface area contributed by atoms with Crippen LogP contribution in [0, 0.1) is 0 Å². The largest absolute Gasteiger partial charge is 0.353 e. The molecule has 1 N–H and O–H groups in total. The molecule has 0 atom stereocenters. The summed E-state index contributed by atoms with van der Waals surface area (Å²) >= 11 is 1.54. The zero-order valence-electron chi connectivity index (χ0n) is 20.6. The van der Waals surface area contributed by atoms with Crippen molar-refractivity contribution in [3.8, 4) is 11.4 Å². The van der Waals surface area contributed by atoms with Crippen molar-refractivity contribution in [3.63, 3.8) is 0 Å². The van der Waals surface area contributed by atoms with Crippen LogP contribution in [-0.2, 0) is 10.2 Å². The van der Waals surface area contributed by atoms with Crippen LogP contribution in [0.2, 0.25) is 0 Å². The minimum absolute atomic E-state index is 0.127. The quantitative estimate of drug-likeness (QED) is 0.480. The molecule has 0 aliphatic heterocycles. The molecule has 2 saturated carbocycles. The molecule has 0 unspecified atom stereocenters. The summed E-state index contributed by atoms with van der Waals surface area (Å²) in [6.45, 7) is 6.71. The van der Waals surface area contributed by atoms with Crippen molar-refractivity contribution >= 4 is 17.7 Å². The zero-order chi connectivity index (χ0) is 23.3. The standard InChI is InChI=1S/C27H40N4OS/c1-27(2,3)21-17-15-20(16-18-21)25-29-30-26(31(25)23-13-9-10-14-23)33-19-24(32)28-22-11-7-5-4-6-8-12-22/h15-18,22-23H,4-14,19H2,1-3H3,(H,28,32). The second-order valence-electron chi connectivity index (χ2n) is 10.8. The van der Waals surface area contributed by atoms with Gasteiger partial charge in [0.05, 0.1) is 5.75 Å². The lowest BCUT2D eigenvalue weighted by atomic mass is 9.86. The predicted molar refractivity (Wildman–Crippen MR) is 137 cm³/mol. The molecule has 2 aliphatic rings. The van der Waals surface area contributed by atoms with Crippen molar-refractivity contribution in [3.05, 3.63) is 29.8 Å². The Labute approximate surface area is 203 Å². The average Bonchev–Trinajstić information content (AvgIpc) is 3.43. The van der Waals surface area contributed by atoms with Gasteiger partial charge in [-0.05, 0) is 36.7 Å². The molecule has 1 aromatic carbocycles. The number of carbonyl (C=O) groups is 1. The monoisotopic (exact) mass is 468 g/mol. The SMILES string of the molecule is CC(C)(C)c1ccc(-c2nnc(SCC(=O)NC3CCCCCCC3)n2C2CCCC2)cc1. The van der Waals surface area contributed by atoms with Crippen LogP contribution >= 0.6 is 11.8 Å². The van der Waals surface area contributed by atoms with Crippen molar-refractivity contribution in [1.29, 1.82) is 0 Å². The average molecular weight is 469 g/mol. The van der Waals surface area contributed by atoms with E-state index in [0.29, 0.717) is 17.8 Å². The number of rotatable bonds is 6. The van der Waals surface area contributed by atoms with Crippen molar-refractivity contribution < 1.29 is 4.79 Å². The van der Waals surface area contributed by atoms with E-state index in [0.717, 1.165) is 42.2 Å². The van der Waals surface area contributed by atoms with E-state index in [4.69, 9.17) is 0 Å². The summed E-state index contributed by atoms with van der Waals surface area (Å²) < 4.78 is 2.31. The van der Waals surface area contributed by atoms with Crippen LogP contribution in [0.4, 0.5) is 0 Å². The van der Waals surface area contributed by atoms with Gasteiger partial charge in [0.15, 0.2) is 11.0 Å². The summed E-state index contributed by atoms with van der Waals surface area (Å²) in [4.78, 5) is 12.7. The number of nitrogens with zero attached hydrogens (tertiary/aromatic N) is 3. The highest BCUT2D eigenvalue weighted by Gasteiger charge is 2.26. The Bertz CT molecular complexity index is 901. The fourth-order valence-electron chi connectivity index (χ4n) is 5.18. The van der Waals surface area contributed by atoms with E-state index in [1.807, 2.05) is 0 Å². The van der Waals surface area contributed by atoms with Gasteiger partial charge < -0.3 is 5.32 Å². The third kappa shape index (κ3) is 6.40. The van der Waals surface area contributed by atoms with E-state index in [1.54, 1.807) is 11.8 Å². The number of benzene rings is 1. The lowest BCUT2D eigenvalue weighted by molar-refractivity contribution is -0.119. The van der Waals surface area contributed by atoms with Crippen LogP contribution in [-0.4, -0.2) is 32.5 Å². The van der Waals surface area contributed by atoms with Gasteiger partial charge >= 0.3 is 0 Å². The molecule has 2 fully saturated rings. The molecule has 1 amide bonds. The van der Waals surface area contributed by atoms with Gasteiger partial charge in [0.2, 0.25) is 5.91 Å². The molecule has 0 bridgehead atoms. The summed E-state index contributed by atoms with van der Waals surface area (Å²) in [6, 6.07) is 9.52. The summed E-state index contributed by atoms with van der Waals surface area (Å²) in [7, 11) is 0. The number of hydrogen-bond acceptors (Lipinski definition) is 4. The Morgan fingerprint density at radius 2 is 1.55 bits per heavy atom. The fourth-order valence-corrected chi connectivity index (χ4v) is 6.00. The molecule has 4 rings (SSSR count). The zero-order valence-corrected chi connectivity index (χ0v) is 21.4. The molecule has 0 radical (unpaired) electrons. The molecule has 1 aromatic heterocycles. The number of nitrogens with one attached hydrogen (secondary N) is 1. The Balaban J connectivity index is 1.46. The summed E-state index contributed by atoms with van der Waals surface area (Å²) in [5.41, 5.74) is 2.55. The second-order valence-corrected chi connectivity index (χ2v) is 11.8. The molecule has 2 aliphatic carbocycles. The Morgan fingerprint density at radius 1 is 0.939 bits per heavy atom. The van der Waals surface area contributed by atoms with Crippen LogP contribution in [0.25, 0.3) is 11.4 Å². The fraction of sp³-hybridized carbons (Fsp3) is 0.667. The summed E-state index contributed by atoms with van der Waals surface area (Å²) in [5.74, 6) is 1.47. The van der Waals surface area contributed by atoms with E-state index in [9.17, 15) is 4.79 Å². The molecule has 5 nitrogen and oxygen atoms in total. The molecule has 1 heterocycles. The molecule has 180 valence electrons. The van der Waals surface area contributed by atoms with Crippen LogP contribution in [0.3, 0.4) is 0 Å². The molecule has 0 spiro atoms. The normalized spacial score (nSPS) is 18.8. The first-order chi connectivity index (χ1) is 15.9. The second kappa shape index (κ2) is 11.1. The minimum atomic E-state index is 0.127. The number of amides is 1. The van der Waals surface area contributed by atoms with Crippen LogP contribution in [0.15, 0.2) is 29.4 Å². The summed E-state index contributed by atoms with van der Waals surface area (Å²) in [6.07, 6.45) is 13.4. The van der Waals surface area contributed by atoms with Gasteiger partial charge in [0.25, 0.3) is 0 Å². The third-order valence-electron chi connectivity index (χ3n) is 7.17. The molecular formula is C27H40N4OS. The number of thioether (sulfide) groups is 1. The van der Waals surface area contributed by atoms with E-state index in [-0.39, 0.29) is 11.3 Å². The lowest BCUT2D eigenvalue weighted by Gasteiger charge is -2.21. The van der Waals surface area contributed by atoms with E-state index >= 15 is 0 Å². The van der Waals surface area contributed by atoms with Crippen molar-refractivity contribution in [1.82, 2.24) is 20.1 Å². The predicted octanol–water partition coefficient (Wildman–Crippen LogP) is 6.68. The van der Waals surface area contributed by atoms with Gasteiger partial charge in [-0.1, -0.05) is 102 Å². The number of aromatic nitrogens is 3. The highest BCUT2D eigenvalue weighted by molar-refractivity contribution is 7.99. The van der Waals surface area contributed by atoms with Crippen molar-refractivity contribution in [2.45, 2.75) is 114 Å². The number of hydrogen-bond donors (Lipinski definition) is 1. The highest BCUT2D eigenvalue weighted by atomic mass is 32.2. The maximum absolute atomic E-state index is 12.7. The van der Waals surface area contributed by atoms with E-state index in [2.05, 4.69) is 65.1 Å². The van der Waals surface area contributed by atoms with Crippen LogP contribution in [0.5, 0.6) is 0 Å². The lowest BCUT2D eigenvalue weighted by Crippen LogP contribution is -2.36. The Morgan fingerprint density at radius 3 is 2.18 bits per heavy atom. The first-order valence-electron chi connectivity index (χ1n) is 12.9. The van der Waals surface area contributed by atoms with Gasteiger partial charge in [-0.25, -0.2) is 0 Å². The molecular weight excluding hydrogens is 428 g/mol. The maximum atomic E-state index is 12.7. The van der Waals surface area contributed by atoms with Gasteiger partial charge in [-0.2, -0.15) is 0 Å². The molecule has 2 aromatic rings. The molecule has 0 saturated heterocycles. The smallest absolute Gasteiger partial charge is 0.230 e. The van der Waals surface area contributed by atoms with Gasteiger partial charge in [-0.3, -0.25) is 9.36 Å². The Hall–Kier alpha value is -1.82. The van der Waals surface area contributed by atoms with E-state index in [1.165, 1.54) is 50.5 Å². The van der Waals surface area contributed by atoms with Gasteiger partial charge in [0, 0.05) is 17.6 Å². The Kier molecular flexibility index (Phi) is 8.15. The molecule has 6 heteroatoms. The van der Waals surface area contributed by atoms with Crippen LogP contribution in [0.1, 0.15) is 103 Å². The third-order valence-corrected chi connectivity index (χ3v) is 8.11. The topological polar surface area (TPSA) is 59.8 Å². The summed E-state index contributed by atoms with van der Waals surface area (Å²) in [5, 5.41) is 13.3. The maximum Gasteiger partial charge on any atom is 0.230 e. The minimum Gasteiger partial charge on any atom is -0.353 e. The molecule has 33 heavy (non-hydrogen) atoms. The van der Waals surface area contributed by atoms with Crippen molar-refractivity contribution in [2.24, 2.45) is 0 Å². The van der Waals surface area contributed by atoms with Crippen LogP contribution < -0.4 is 5.32 Å². The highest BCUT2D eigenvalue weighted by Crippen LogP contribution is 2.37. The first-order valence-corrected chi connectivity index (χ1v) is 13.9. The van der Waals surface area contributed by atoms with E-state index < -0.39 is 0 Å². The van der Waals surface area contributed by atoms with Gasteiger partial charge in [-0.15, -0.1) is 10.2 Å². The first kappa shape index (κ1) is 24.3. The van der Waals surface area contributed by atoms with Gasteiger partial charge in [0.1, 0.15) is 0 Å². The number of carbonyl (C=O) groups excluding carboxylic acids is 1. The van der Waals surface area contributed by atoms with Crippen molar-refractivity contribution in [2.75, 3.05) is 5.75 Å².